The van der Waals surface area contributed by atoms with Gasteiger partial charge in [-0.15, -0.1) is 0 Å². The molecule has 1 fully saturated rings. The molecule has 0 aromatic rings. The van der Waals surface area contributed by atoms with Crippen LogP contribution in [-0.4, -0.2) is 30.4 Å². The van der Waals surface area contributed by atoms with Gasteiger partial charge in [0.25, 0.3) is 0 Å². The third-order valence-corrected chi connectivity index (χ3v) is 3.11. The summed E-state index contributed by atoms with van der Waals surface area (Å²) >= 11 is 0. The van der Waals surface area contributed by atoms with E-state index in [4.69, 9.17) is 15.3 Å². The molecule has 0 bridgehead atoms. The lowest BCUT2D eigenvalue weighted by Gasteiger charge is -2.24. The minimum atomic E-state index is -0.932. The van der Waals surface area contributed by atoms with Crippen LogP contribution in [0.25, 0.3) is 0 Å². The molecule has 1 aliphatic carbocycles. The van der Waals surface area contributed by atoms with Crippen molar-refractivity contribution in [3.8, 4) is 0 Å². The van der Waals surface area contributed by atoms with Crippen LogP contribution in [0.3, 0.4) is 0 Å². The zero-order valence-electron chi connectivity index (χ0n) is 8.32. The molecule has 78 valence electrons. The molecule has 1 aliphatic heterocycles. The normalized spacial score (nSPS) is 40.1. The number of rotatable bonds is 1. The lowest BCUT2D eigenvalue weighted by Crippen LogP contribution is -2.47. The molecule has 0 spiro atoms. The summed E-state index contributed by atoms with van der Waals surface area (Å²) in [5.41, 5.74) is 5.78. The predicted molar refractivity (Wildman–Crippen MR) is 49.6 cm³/mol. The maximum Gasteiger partial charge on any atom is 0.353 e. The van der Waals surface area contributed by atoms with Crippen molar-refractivity contribution < 1.29 is 14.4 Å². The van der Waals surface area contributed by atoms with Crippen molar-refractivity contribution in [1.82, 2.24) is 0 Å². The molecule has 0 saturated heterocycles. The van der Waals surface area contributed by atoms with Gasteiger partial charge < -0.3 is 15.3 Å². The van der Waals surface area contributed by atoms with Gasteiger partial charge in [-0.05, 0) is 13.3 Å². The standard InChI is InChI=1S/C9H14N2O3/c1-5-7-6(10)3-4-9(7,14-11-5)8(12)13-2/h6-7H,3-4,10H2,1-2H3. The Bertz CT molecular complexity index is 302. The summed E-state index contributed by atoms with van der Waals surface area (Å²) in [6.07, 6.45) is 1.36. The summed E-state index contributed by atoms with van der Waals surface area (Å²) in [7, 11) is 1.36. The van der Waals surface area contributed by atoms with Crippen molar-refractivity contribution in [3.05, 3.63) is 0 Å². The van der Waals surface area contributed by atoms with E-state index in [1.54, 1.807) is 0 Å². The van der Waals surface area contributed by atoms with Crippen LogP contribution in [0.2, 0.25) is 0 Å². The van der Waals surface area contributed by atoms with Crippen LogP contribution < -0.4 is 5.73 Å². The van der Waals surface area contributed by atoms with Crippen molar-refractivity contribution in [2.24, 2.45) is 16.8 Å². The first-order valence-electron chi connectivity index (χ1n) is 4.68. The molecule has 5 nitrogen and oxygen atoms in total. The van der Waals surface area contributed by atoms with Gasteiger partial charge in [0.2, 0.25) is 5.60 Å². The maximum atomic E-state index is 11.6. The van der Waals surface area contributed by atoms with E-state index in [0.29, 0.717) is 6.42 Å². The lowest BCUT2D eigenvalue weighted by molar-refractivity contribution is -0.168. The third-order valence-electron chi connectivity index (χ3n) is 3.11. The van der Waals surface area contributed by atoms with Gasteiger partial charge in [-0.2, -0.15) is 0 Å². The second kappa shape index (κ2) is 2.95. The van der Waals surface area contributed by atoms with Crippen molar-refractivity contribution >= 4 is 11.7 Å². The summed E-state index contributed by atoms with van der Waals surface area (Å²) in [5, 5.41) is 3.85. The van der Waals surface area contributed by atoms with E-state index in [0.717, 1.165) is 12.1 Å². The summed E-state index contributed by atoms with van der Waals surface area (Å²) in [6.45, 7) is 1.83. The molecule has 3 unspecified atom stereocenters. The third kappa shape index (κ3) is 0.987. The quantitative estimate of drug-likeness (QED) is 0.604. The van der Waals surface area contributed by atoms with Gasteiger partial charge in [-0.3, -0.25) is 0 Å². The highest BCUT2D eigenvalue weighted by Crippen LogP contribution is 2.43. The summed E-state index contributed by atoms with van der Waals surface area (Å²) in [4.78, 5) is 16.9. The number of methoxy groups -OCH3 is 1. The number of fused-ring (bicyclic) bond motifs is 1. The molecule has 2 rings (SSSR count). The van der Waals surface area contributed by atoms with Crippen LogP contribution in [0.5, 0.6) is 0 Å². The van der Waals surface area contributed by atoms with E-state index in [1.165, 1.54) is 7.11 Å². The average molecular weight is 198 g/mol. The Morgan fingerprint density at radius 3 is 3.14 bits per heavy atom. The van der Waals surface area contributed by atoms with Gasteiger partial charge >= 0.3 is 5.97 Å². The fraction of sp³-hybridized carbons (Fsp3) is 0.778. The zero-order chi connectivity index (χ0) is 10.3. The first-order chi connectivity index (χ1) is 6.62. The van der Waals surface area contributed by atoms with Crippen LogP contribution in [0.15, 0.2) is 5.16 Å². The SMILES string of the molecule is COC(=O)C12CCC(N)C1C(C)=NO2. The molecule has 2 aliphatic rings. The van der Waals surface area contributed by atoms with E-state index in [2.05, 4.69) is 5.16 Å². The summed E-state index contributed by atoms with van der Waals surface area (Å²) < 4.78 is 4.74. The molecule has 0 aromatic heterocycles. The number of carbonyl (C=O) groups excluding carboxylic acids is 1. The minimum absolute atomic E-state index is 0.0552. The second-order valence-corrected chi connectivity index (χ2v) is 3.89. The molecule has 0 radical (unpaired) electrons. The van der Waals surface area contributed by atoms with E-state index < -0.39 is 5.60 Å². The number of hydrogen-bond acceptors (Lipinski definition) is 5. The Balaban J connectivity index is 2.33. The molecule has 3 atom stereocenters. The molecular formula is C9H14N2O3. The van der Waals surface area contributed by atoms with Gasteiger partial charge in [0.1, 0.15) is 0 Å². The van der Waals surface area contributed by atoms with Gasteiger partial charge in [-0.25, -0.2) is 4.79 Å². The average Bonchev–Trinajstić information content (AvgIpc) is 2.68. The Morgan fingerprint density at radius 2 is 2.50 bits per heavy atom. The van der Waals surface area contributed by atoms with Gasteiger partial charge in [0.15, 0.2) is 0 Å². The van der Waals surface area contributed by atoms with Crippen LogP contribution in [-0.2, 0) is 14.4 Å². The highest BCUT2D eigenvalue weighted by Gasteiger charge is 2.60. The first-order valence-corrected chi connectivity index (χ1v) is 4.68. The van der Waals surface area contributed by atoms with E-state index >= 15 is 0 Å². The van der Waals surface area contributed by atoms with Crippen molar-refractivity contribution in [2.75, 3.05) is 7.11 Å². The van der Waals surface area contributed by atoms with E-state index in [-0.39, 0.29) is 17.9 Å². The van der Waals surface area contributed by atoms with E-state index in [1.807, 2.05) is 6.92 Å². The van der Waals surface area contributed by atoms with Crippen molar-refractivity contribution in [3.63, 3.8) is 0 Å². The summed E-state index contributed by atoms with van der Waals surface area (Å²) in [5.74, 6) is -0.481. The van der Waals surface area contributed by atoms with Crippen molar-refractivity contribution in [2.45, 2.75) is 31.4 Å². The summed E-state index contributed by atoms with van der Waals surface area (Å²) in [6, 6.07) is -0.0552. The van der Waals surface area contributed by atoms with Crippen LogP contribution in [0, 0.1) is 5.92 Å². The molecule has 2 N–H and O–H groups in total. The number of oxime groups is 1. The van der Waals surface area contributed by atoms with Gasteiger partial charge in [0, 0.05) is 12.5 Å². The zero-order valence-corrected chi connectivity index (χ0v) is 8.32. The largest absolute Gasteiger partial charge is 0.466 e. The molecule has 5 heteroatoms. The molecule has 0 amide bonds. The topological polar surface area (TPSA) is 73.9 Å². The molecule has 0 aromatic carbocycles. The molecule has 14 heavy (non-hydrogen) atoms. The number of nitrogens with two attached hydrogens (primary N) is 1. The lowest BCUT2D eigenvalue weighted by atomic mass is 9.86. The molecular weight excluding hydrogens is 184 g/mol. The number of carbonyl (C=O) groups is 1. The number of hydrogen-bond donors (Lipinski definition) is 1. The Kier molecular flexibility index (Phi) is 1.99. The van der Waals surface area contributed by atoms with Crippen LogP contribution in [0.1, 0.15) is 19.8 Å². The Hall–Kier alpha value is -1.10. The van der Waals surface area contributed by atoms with E-state index in [9.17, 15) is 4.79 Å². The minimum Gasteiger partial charge on any atom is -0.466 e. The fourth-order valence-electron chi connectivity index (χ4n) is 2.45. The molecule has 1 saturated carbocycles. The first kappa shape index (κ1) is 9.45. The van der Waals surface area contributed by atoms with Crippen molar-refractivity contribution in [1.29, 1.82) is 0 Å². The maximum absolute atomic E-state index is 11.6. The van der Waals surface area contributed by atoms with Gasteiger partial charge in [0.05, 0.1) is 18.7 Å². The number of esters is 1. The van der Waals surface area contributed by atoms with Crippen LogP contribution >= 0.6 is 0 Å². The predicted octanol–water partition coefficient (Wildman–Crippen LogP) is 0.0416. The Morgan fingerprint density at radius 1 is 1.79 bits per heavy atom. The smallest absolute Gasteiger partial charge is 0.353 e. The number of nitrogens with zero attached hydrogens (tertiary/aromatic N) is 1. The highest BCUT2D eigenvalue weighted by molar-refractivity contribution is 5.95. The second-order valence-electron chi connectivity index (χ2n) is 3.89. The van der Waals surface area contributed by atoms with Gasteiger partial charge in [-0.1, -0.05) is 5.16 Å². The molecule has 1 heterocycles. The van der Waals surface area contributed by atoms with Crippen LogP contribution in [0.4, 0.5) is 0 Å². The monoisotopic (exact) mass is 198 g/mol. The number of ether oxygens (including phenoxy) is 1. The highest BCUT2D eigenvalue weighted by atomic mass is 16.7. The Labute approximate surface area is 82.2 Å². The fourth-order valence-corrected chi connectivity index (χ4v) is 2.45.